The fourth-order valence-electron chi connectivity index (χ4n) is 2.58. The van der Waals surface area contributed by atoms with Crippen molar-refractivity contribution in [2.45, 2.75) is 26.7 Å². The largest absolute Gasteiger partial charge is 0.299 e. The molecular formula is C11H16O. The number of allylic oxidation sites excluding steroid dienone is 2. The monoisotopic (exact) mass is 164 g/mol. The van der Waals surface area contributed by atoms with E-state index in [1.54, 1.807) is 0 Å². The molecule has 0 saturated heterocycles. The van der Waals surface area contributed by atoms with Crippen LogP contribution in [0.1, 0.15) is 26.7 Å². The van der Waals surface area contributed by atoms with Gasteiger partial charge in [0.2, 0.25) is 0 Å². The summed E-state index contributed by atoms with van der Waals surface area (Å²) in [4.78, 5) is 11.5. The fourth-order valence-corrected chi connectivity index (χ4v) is 2.58. The normalized spacial score (nSPS) is 39.6. The lowest BCUT2D eigenvalue weighted by molar-refractivity contribution is -0.121. The van der Waals surface area contributed by atoms with E-state index in [2.05, 4.69) is 26.0 Å². The van der Waals surface area contributed by atoms with Gasteiger partial charge in [0.05, 0.1) is 0 Å². The average Bonchev–Trinajstić information content (AvgIpc) is 2.28. The molecule has 0 aromatic heterocycles. The van der Waals surface area contributed by atoms with Crippen molar-refractivity contribution < 1.29 is 4.79 Å². The Morgan fingerprint density at radius 2 is 2.17 bits per heavy atom. The molecule has 2 aliphatic carbocycles. The molecule has 0 amide bonds. The summed E-state index contributed by atoms with van der Waals surface area (Å²) in [6, 6.07) is 0. The molecule has 1 saturated carbocycles. The number of rotatable bonds is 1. The Hall–Kier alpha value is -0.590. The Morgan fingerprint density at radius 3 is 2.83 bits per heavy atom. The highest BCUT2D eigenvalue weighted by atomic mass is 16.1. The summed E-state index contributed by atoms with van der Waals surface area (Å²) in [5.74, 6) is 2.59. The summed E-state index contributed by atoms with van der Waals surface area (Å²) in [5.41, 5.74) is 0. The van der Waals surface area contributed by atoms with Gasteiger partial charge in [-0.3, -0.25) is 4.79 Å². The average molecular weight is 164 g/mol. The van der Waals surface area contributed by atoms with Crippen molar-refractivity contribution in [3.63, 3.8) is 0 Å². The van der Waals surface area contributed by atoms with E-state index < -0.39 is 0 Å². The van der Waals surface area contributed by atoms with Crippen LogP contribution in [0.15, 0.2) is 12.2 Å². The second kappa shape index (κ2) is 2.72. The Balaban J connectivity index is 2.22. The molecule has 0 aromatic carbocycles. The lowest BCUT2D eigenvalue weighted by Gasteiger charge is -2.25. The number of Topliss-reactive ketones (excluding diaryl/α,β-unsaturated/α-hetero) is 1. The minimum atomic E-state index is 0.361. The molecule has 12 heavy (non-hydrogen) atoms. The number of ketones is 1. The third kappa shape index (κ3) is 1.12. The lowest BCUT2D eigenvalue weighted by Crippen LogP contribution is -2.22. The first-order chi connectivity index (χ1) is 5.68. The Bertz CT molecular complexity index is 227. The van der Waals surface area contributed by atoms with E-state index in [4.69, 9.17) is 0 Å². The molecule has 0 N–H and O–H groups in total. The summed E-state index contributed by atoms with van der Waals surface area (Å²) in [6.45, 7) is 4.42. The third-order valence-electron chi connectivity index (χ3n) is 3.27. The molecule has 0 radical (unpaired) electrons. The fraction of sp³-hybridized carbons (Fsp3) is 0.727. The zero-order valence-corrected chi connectivity index (χ0v) is 7.79. The molecule has 0 spiro atoms. The van der Waals surface area contributed by atoms with Crippen LogP contribution in [-0.2, 0) is 4.79 Å². The van der Waals surface area contributed by atoms with Crippen molar-refractivity contribution in [1.29, 1.82) is 0 Å². The van der Waals surface area contributed by atoms with Crippen LogP contribution in [0, 0.1) is 23.7 Å². The number of hydrogen-bond acceptors (Lipinski definition) is 1. The van der Waals surface area contributed by atoms with Crippen molar-refractivity contribution in [3.8, 4) is 0 Å². The molecule has 1 heteroatoms. The van der Waals surface area contributed by atoms with Crippen molar-refractivity contribution in [2.75, 3.05) is 0 Å². The van der Waals surface area contributed by atoms with Crippen LogP contribution < -0.4 is 0 Å². The van der Waals surface area contributed by atoms with Crippen LogP contribution in [0.25, 0.3) is 0 Å². The van der Waals surface area contributed by atoms with E-state index in [0.29, 0.717) is 29.5 Å². The van der Waals surface area contributed by atoms with Crippen molar-refractivity contribution in [3.05, 3.63) is 12.2 Å². The van der Waals surface area contributed by atoms with Crippen LogP contribution in [0.5, 0.6) is 0 Å². The zero-order valence-electron chi connectivity index (χ0n) is 7.79. The first-order valence-electron chi connectivity index (χ1n) is 4.89. The SMILES string of the molecule is CC(C)[C@H]1C=C[C@@H]2CC(=O)[C@H]1C2. The summed E-state index contributed by atoms with van der Waals surface area (Å²) in [6.07, 6.45) is 6.46. The summed E-state index contributed by atoms with van der Waals surface area (Å²) in [5, 5.41) is 0. The van der Waals surface area contributed by atoms with E-state index in [0.717, 1.165) is 12.8 Å². The highest BCUT2D eigenvalue weighted by Gasteiger charge is 2.39. The molecule has 2 aliphatic rings. The maximum absolute atomic E-state index is 11.5. The highest BCUT2D eigenvalue weighted by Crippen LogP contribution is 2.41. The van der Waals surface area contributed by atoms with Crippen molar-refractivity contribution in [1.82, 2.24) is 0 Å². The number of carbonyl (C=O) groups excluding carboxylic acids is 1. The topological polar surface area (TPSA) is 17.1 Å². The molecule has 66 valence electrons. The molecule has 1 nitrogen and oxygen atoms in total. The van der Waals surface area contributed by atoms with E-state index in [1.165, 1.54) is 0 Å². The molecule has 2 bridgehead atoms. The Kier molecular flexibility index (Phi) is 1.82. The van der Waals surface area contributed by atoms with E-state index in [-0.39, 0.29) is 0 Å². The summed E-state index contributed by atoms with van der Waals surface area (Å²) >= 11 is 0. The number of hydrogen-bond donors (Lipinski definition) is 0. The smallest absolute Gasteiger partial charge is 0.137 e. The predicted octanol–water partition coefficient (Wildman–Crippen LogP) is 2.42. The van der Waals surface area contributed by atoms with Gasteiger partial charge in [-0.15, -0.1) is 0 Å². The molecule has 0 aliphatic heterocycles. The maximum atomic E-state index is 11.5. The minimum absolute atomic E-state index is 0.361. The van der Waals surface area contributed by atoms with Gasteiger partial charge < -0.3 is 0 Å². The number of carbonyl (C=O) groups is 1. The number of fused-ring (bicyclic) bond motifs is 2. The molecular weight excluding hydrogens is 148 g/mol. The van der Waals surface area contributed by atoms with Gasteiger partial charge in [-0.25, -0.2) is 0 Å². The van der Waals surface area contributed by atoms with Gasteiger partial charge in [0.25, 0.3) is 0 Å². The third-order valence-corrected chi connectivity index (χ3v) is 3.27. The van der Waals surface area contributed by atoms with Crippen LogP contribution in [0.4, 0.5) is 0 Å². The zero-order chi connectivity index (χ0) is 8.72. The van der Waals surface area contributed by atoms with Gasteiger partial charge in [0.1, 0.15) is 5.78 Å². The van der Waals surface area contributed by atoms with Gasteiger partial charge in [-0.05, 0) is 24.2 Å². The second-order valence-electron chi connectivity index (χ2n) is 4.48. The minimum Gasteiger partial charge on any atom is -0.299 e. The molecule has 3 atom stereocenters. The van der Waals surface area contributed by atoms with Crippen molar-refractivity contribution in [2.24, 2.45) is 23.7 Å². The Labute approximate surface area is 73.8 Å². The molecule has 2 rings (SSSR count). The summed E-state index contributed by atoms with van der Waals surface area (Å²) in [7, 11) is 0. The van der Waals surface area contributed by atoms with Gasteiger partial charge >= 0.3 is 0 Å². The van der Waals surface area contributed by atoms with E-state index >= 15 is 0 Å². The lowest BCUT2D eigenvalue weighted by atomic mass is 9.78. The molecule has 0 aromatic rings. The van der Waals surface area contributed by atoms with Crippen LogP contribution in [0.2, 0.25) is 0 Å². The summed E-state index contributed by atoms with van der Waals surface area (Å²) < 4.78 is 0. The van der Waals surface area contributed by atoms with E-state index in [9.17, 15) is 4.79 Å². The molecule has 1 fully saturated rings. The molecule has 0 heterocycles. The van der Waals surface area contributed by atoms with E-state index in [1.807, 2.05) is 0 Å². The standard InChI is InChI=1S/C11H16O/c1-7(2)9-4-3-8-5-10(9)11(12)6-8/h3-4,7-10H,5-6H2,1-2H3/t8-,9+,10-/m0/s1. The van der Waals surface area contributed by atoms with Crippen molar-refractivity contribution >= 4 is 5.78 Å². The van der Waals surface area contributed by atoms with Gasteiger partial charge in [-0.1, -0.05) is 26.0 Å². The van der Waals surface area contributed by atoms with Crippen LogP contribution in [-0.4, -0.2) is 5.78 Å². The second-order valence-corrected chi connectivity index (χ2v) is 4.48. The van der Waals surface area contributed by atoms with Gasteiger partial charge in [-0.2, -0.15) is 0 Å². The quantitative estimate of drug-likeness (QED) is 0.544. The first kappa shape index (κ1) is 8.03. The van der Waals surface area contributed by atoms with Gasteiger partial charge in [0.15, 0.2) is 0 Å². The Morgan fingerprint density at radius 1 is 1.42 bits per heavy atom. The maximum Gasteiger partial charge on any atom is 0.137 e. The van der Waals surface area contributed by atoms with Crippen LogP contribution >= 0.6 is 0 Å². The van der Waals surface area contributed by atoms with Gasteiger partial charge in [0, 0.05) is 12.3 Å². The van der Waals surface area contributed by atoms with Crippen LogP contribution in [0.3, 0.4) is 0 Å². The first-order valence-corrected chi connectivity index (χ1v) is 4.89. The molecule has 0 unspecified atom stereocenters. The predicted molar refractivity (Wildman–Crippen MR) is 48.7 cm³/mol. The highest BCUT2D eigenvalue weighted by molar-refractivity contribution is 5.84.